The zero-order valence-electron chi connectivity index (χ0n) is 3.86. The molecule has 0 bridgehead atoms. The summed E-state index contributed by atoms with van der Waals surface area (Å²) in [5, 5.41) is 0. The molecule has 0 unspecified atom stereocenters. The van der Waals surface area contributed by atoms with Crippen LogP contribution in [0, 0.1) is 12.8 Å². The van der Waals surface area contributed by atoms with E-state index in [1.54, 1.807) is 0 Å². The van der Waals surface area contributed by atoms with E-state index in [9.17, 15) is 0 Å². The van der Waals surface area contributed by atoms with Crippen LogP contribution in [0.2, 0.25) is 0 Å². The molecule has 1 radical (unpaired) electrons. The zero-order valence-corrected chi connectivity index (χ0v) is 6.70. The second-order valence-corrected chi connectivity index (χ2v) is 1.39. The first-order chi connectivity index (χ1) is 1.73. The predicted molar refractivity (Wildman–Crippen MR) is 33.7 cm³/mol. The molecule has 1 heteroatoms. The fourth-order valence-corrected chi connectivity index (χ4v) is 0. The van der Waals surface area contributed by atoms with Crippen LogP contribution in [0.25, 0.3) is 0 Å². The summed E-state index contributed by atoms with van der Waals surface area (Å²) in [6, 6.07) is 0. The minimum atomic E-state index is 0. The predicted octanol–water partition coefficient (Wildman–Crippen LogP) is 2.75. The fourth-order valence-electron chi connectivity index (χ4n) is 0. The summed E-state index contributed by atoms with van der Waals surface area (Å²) >= 11 is 0. The average Bonchev–Trinajstić information content (AvgIpc) is 0.811. The Labute approximate surface area is 74.0 Å². The monoisotopic (exact) mass is 178 g/mol. The topological polar surface area (TPSA) is 0 Å². The molecule has 0 heterocycles. The number of rotatable bonds is 0. The SMILES string of the molecule is C.C.[CH2-]C(C)C.[Y]. The molecule has 7 heavy (non-hydrogen) atoms. The Balaban J connectivity index is -0.0000000150. The quantitative estimate of drug-likeness (QED) is 0.500. The van der Waals surface area contributed by atoms with Crippen LogP contribution in [0.4, 0.5) is 0 Å². The maximum absolute atomic E-state index is 3.64. The molecule has 0 atom stereocenters. The molecule has 0 saturated carbocycles. The molecule has 0 aliphatic rings. The van der Waals surface area contributed by atoms with Crippen LogP contribution >= 0.6 is 0 Å². The average molecular weight is 178 g/mol. The summed E-state index contributed by atoms with van der Waals surface area (Å²) in [6.07, 6.45) is 0. The minimum Gasteiger partial charge on any atom is -0.341 e. The van der Waals surface area contributed by atoms with Crippen LogP contribution in [0.15, 0.2) is 0 Å². The Morgan fingerprint density at radius 3 is 1.14 bits per heavy atom. The Hall–Kier alpha value is 1.10. The van der Waals surface area contributed by atoms with Crippen molar-refractivity contribution in [1.82, 2.24) is 0 Å². The summed E-state index contributed by atoms with van der Waals surface area (Å²) in [4.78, 5) is 0. The van der Waals surface area contributed by atoms with Gasteiger partial charge in [-0.2, -0.15) is 5.92 Å². The first-order valence-electron chi connectivity index (χ1n) is 1.56. The fraction of sp³-hybridized carbons (Fsp3) is 0.833. The Bertz CT molecular complexity index is 8.90. The second kappa shape index (κ2) is 15.7. The van der Waals surface area contributed by atoms with Gasteiger partial charge in [0, 0.05) is 32.7 Å². The van der Waals surface area contributed by atoms with Gasteiger partial charge in [0.15, 0.2) is 0 Å². The number of hydrogen-bond donors (Lipinski definition) is 0. The van der Waals surface area contributed by atoms with Gasteiger partial charge in [-0.05, 0) is 0 Å². The first-order valence-corrected chi connectivity index (χ1v) is 1.56. The van der Waals surface area contributed by atoms with Gasteiger partial charge >= 0.3 is 0 Å². The van der Waals surface area contributed by atoms with Gasteiger partial charge in [-0.15, -0.1) is 0 Å². The van der Waals surface area contributed by atoms with Gasteiger partial charge in [0.2, 0.25) is 0 Å². The van der Waals surface area contributed by atoms with Gasteiger partial charge in [0.05, 0.1) is 0 Å². The summed E-state index contributed by atoms with van der Waals surface area (Å²) < 4.78 is 0. The minimum absolute atomic E-state index is 0. The summed E-state index contributed by atoms with van der Waals surface area (Å²) in [6.45, 7) is 7.75. The van der Waals surface area contributed by atoms with Crippen molar-refractivity contribution in [3.05, 3.63) is 6.92 Å². The standard InChI is InChI=1S/C4H9.2CH4.Y/c1-4(2)3;;;/h4H,1H2,2-3H3;2*1H4;/q-1;;;. The first kappa shape index (κ1) is 24.3. The van der Waals surface area contributed by atoms with Crippen LogP contribution in [-0.2, 0) is 32.7 Å². The number of hydrogen-bond acceptors (Lipinski definition) is 0. The van der Waals surface area contributed by atoms with E-state index in [-0.39, 0.29) is 47.6 Å². The molecule has 0 saturated heterocycles. The third-order valence-corrected chi connectivity index (χ3v) is 0. The maximum Gasteiger partial charge on any atom is 0 e. The largest absolute Gasteiger partial charge is 0.341 e. The molecule has 0 fully saturated rings. The van der Waals surface area contributed by atoms with E-state index in [2.05, 4.69) is 20.8 Å². The Kier molecular flexibility index (Phi) is 54.5. The van der Waals surface area contributed by atoms with Gasteiger partial charge in [0.25, 0.3) is 0 Å². The van der Waals surface area contributed by atoms with Crippen LogP contribution in [0.5, 0.6) is 0 Å². The molecule has 0 N–H and O–H groups in total. The van der Waals surface area contributed by atoms with E-state index < -0.39 is 0 Å². The molecule has 0 nitrogen and oxygen atoms in total. The maximum atomic E-state index is 3.64. The third-order valence-electron chi connectivity index (χ3n) is 0. The molecule has 0 amide bonds. The van der Waals surface area contributed by atoms with Gasteiger partial charge in [-0.3, -0.25) is 0 Å². The van der Waals surface area contributed by atoms with Crippen LogP contribution in [-0.4, -0.2) is 0 Å². The van der Waals surface area contributed by atoms with Gasteiger partial charge in [-0.25, -0.2) is 0 Å². The van der Waals surface area contributed by atoms with Crippen molar-refractivity contribution >= 4 is 0 Å². The summed E-state index contributed by atoms with van der Waals surface area (Å²) in [5.41, 5.74) is 0. The van der Waals surface area contributed by atoms with Crippen molar-refractivity contribution in [2.75, 3.05) is 0 Å². The van der Waals surface area contributed by atoms with E-state index in [4.69, 9.17) is 0 Å². The molecule has 0 aliphatic heterocycles. The van der Waals surface area contributed by atoms with Crippen molar-refractivity contribution < 1.29 is 32.7 Å². The van der Waals surface area contributed by atoms with E-state index in [1.807, 2.05) is 0 Å². The molecular formula is C6H17Y-. The van der Waals surface area contributed by atoms with Crippen molar-refractivity contribution in [3.8, 4) is 0 Å². The molecule has 0 aromatic rings. The molecule has 0 spiro atoms. The molecular weight excluding hydrogens is 161 g/mol. The normalized spacial score (nSPS) is 5.14. The van der Waals surface area contributed by atoms with Crippen LogP contribution in [0.3, 0.4) is 0 Å². The molecule has 0 aromatic carbocycles. The molecule has 45 valence electrons. The van der Waals surface area contributed by atoms with Crippen molar-refractivity contribution in [1.29, 1.82) is 0 Å². The van der Waals surface area contributed by atoms with E-state index in [0.29, 0.717) is 5.92 Å². The van der Waals surface area contributed by atoms with Crippen molar-refractivity contribution in [2.45, 2.75) is 28.7 Å². The van der Waals surface area contributed by atoms with Gasteiger partial charge in [0.1, 0.15) is 0 Å². The summed E-state index contributed by atoms with van der Waals surface area (Å²) in [5.74, 6) is 0.583. The third kappa shape index (κ3) is 152. The zero-order chi connectivity index (χ0) is 3.58. The Morgan fingerprint density at radius 2 is 1.14 bits per heavy atom. The molecule has 0 aromatic heterocycles. The van der Waals surface area contributed by atoms with Crippen molar-refractivity contribution in [2.24, 2.45) is 5.92 Å². The van der Waals surface area contributed by atoms with Gasteiger partial charge in [-0.1, -0.05) is 28.7 Å². The van der Waals surface area contributed by atoms with Gasteiger partial charge < -0.3 is 6.92 Å². The smallest absolute Gasteiger partial charge is 0 e. The van der Waals surface area contributed by atoms with E-state index in [0.717, 1.165) is 0 Å². The van der Waals surface area contributed by atoms with E-state index >= 15 is 0 Å². The van der Waals surface area contributed by atoms with Crippen molar-refractivity contribution in [3.63, 3.8) is 0 Å². The molecule has 0 rings (SSSR count). The van der Waals surface area contributed by atoms with E-state index in [1.165, 1.54) is 0 Å². The second-order valence-electron chi connectivity index (χ2n) is 1.39. The Morgan fingerprint density at radius 1 is 1.14 bits per heavy atom. The summed E-state index contributed by atoms with van der Waals surface area (Å²) in [7, 11) is 0. The van der Waals surface area contributed by atoms with Crippen LogP contribution in [0.1, 0.15) is 28.7 Å². The van der Waals surface area contributed by atoms with Crippen LogP contribution < -0.4 is 0 Å². The molecule has 0 aliphatic carbocycles.